The normalized spacial score (nSPS) is 16.7. The minimum absolute atomic E-state index is 0.105. The molecule has 0 bridgehead atoms. The lowest BCUT2D eigenvalue weighted by Gasteiger charge is -2.26. The molecule has 0 aliphatic carbocycles. The summed E-state index contributed by atoms with van der Waals surface area (Å²) in [5.41, 5.74) is 2.18. The van der Waals surface area contributed by atoms with Gasteiger partial charge in [0, 0.05) is 30.8 Å². The van der Waals surface area contributed by atoms with E-state index < -0.39 is 22.7 Å². The first-order valence-electron chi connectivity index (χ1n) is 12.1. The van der Waals surface area contributed by atoms with Crippen molar-refractivity contribution in [3.8, 4) is 5.75 Å². The summed E-state index contributed by atoms with van der Waals surface area (Å²) >= 11 is 0. The third kappa shape index (κ3) is 5.57. The number of Topliss-reactive ketones (excluding diaryl/α,β-unsaturated/α-hetero) is 1. The fraction of sp³-hybridized carbons (Fsp3) is 0.241. The summed E-state index contributed by atoms with van der Waals surface area (Å²) in [6, 6.07) is 19.5. The molecule has 1 amide bonds. The molecule has 196 valence electrons. The number of nitro groups is 1. The van der Waals surface area contributed by atoms with Gasteiger partial charge in [0.25, 0.3) is 17.4 Å². The monoisotopic (exact) mass is 515 g/mol. The van der Waals surface area contributed by atoms with Crippen molar-refractivity contribution in [2.45, 2.75) is 19.6 Å². The van der Waals surface area contributed by atoms with Crippen molar-refractivity contribution in [2.24, 2.45) is 0 Å². The average molecular weight is 516 g/mol. The van der Waals surface area contributed by atoms with Crippen molar-refractivity contribution >= 4 is 23.1 Å². The van der Waals surface area contributed by atoms with Crippen LogP contribution in [0.2, 0.25) is 0 Å². The van der Waals surface area contributed by atoms with Crippen LogP contribution in [0.1, 0.15) is 28.3 Å². The summed E-state index contributed by atoms with van der Waals surface area (Å²) in [5, 5.41) is 22.8. The molecule has 1 atom stereocenters. The first kappa shape index (κ1) is 26.6. The highest BCUT2D eigenvalue weighted by molar-refractivity contribution is 6.46. The van der Waals surface area contributed by atoms with Crippen LogP contribution in [0.5, 0.6) is 5.75 Å². The smallest absolute Gasteiger partial charge is 0.295 e. The Morgan fingerprint density at radius 2 is 1.79 bits per heavy atom. The molecule has 1 saturated heterocycles. The van der Waals surface area contributed by atoms with E-state index in [9.17, 15) is 24.8 Å². The van der Waals surface area contributed by atoms with E-state index in [0.717, 1.165) is 11.1 Å². The van der Waals surface area contributed by atoms with Gasteiger partial charge in [-0.25, -0.2) is 0 Å². The van der Waals surface area contributed by atoms with E-state index in [4.69, 9.17) is 4.74 Å². The van der Waals surface area contributed by atoms with Crippen LogP contribution in [-0.2, 0) is 16.2 Å². The minimum Gasteiger partial charge on any atom is -0.507 e. The Morgan fingerprint density at radius 3 is 2.45 bits per heavy atom. The first-order chi connectivity index (χ1) is 18.2. The largest absolute Gasteiger partial charge is 0.507 e. The Hall–Kier alpha value is -4.50. The molecule has 0 saturated carbocycles. The van der Waals surface area contributed by atoms with Crippen molar-refractivity contribution in [3.05, 3.63) is 111 Å². The average Bonchev–Trinajstić information content (AvgIpc) is 3.16. The molecular formula is C29H29N3O6. The van der Waals surface area contributed by atoms with E-state index >= 15 is 0 Å². The summed E-state index contributed by atoms with van der Waals surface area (Å²) < 4.78 is 5.92. The summed E-state index contributed by atoms with van der Waals surface area (Å²) in [6.45, 7) is 2.86. The van der Waals surface area contributed by atoms with Gasteiger partial charge in [0.2, 0.25) is 0 Å². The second kappa shape index (κ2) is 11.3. The maximum atomic E-state index is 13.2. The number of ketones is 1. The number of carbonyl (C=O) groups is 2. The lowest BCUT2D eigenvalue weighted by Crippen LogP contribution is -2.35. The number of amides is 1. The Bertz CT molecular complexity index is 1400. The fourth-order valence-electron chi connectivity index (χ4n) is 4.42. The van der Waals surface area contributed by atoms with Crippen LogP contribution in [0.4, 0.5) is 5.69 Å². The van der Waals surface area contributed by atoms with Gasteiger partial charge in [-0.3, -0.25) is 19.7 Å². The van der Waals surface area contributed by atoms with Gasteiger partial charge >= 0.3 is 0 Å². The highest BCUT2D eigenvalue weighted by Gasteiger charge is 2.46. The third-order valence-corrected chi connectivity index (χ3v) is 6.41. The van der Waals surface area contributed by atoms with Gasteiger partial charge in [-0.1, -0.05) is 42.5 Å². The molecule has 1 N–H and O–H groups in total. The Labute approximate surface area is 220 Å². The lowest BCUT2D eigenvalue weighted by molar-refractivity contribution is -0.384. The Kier molecular flexibility index (Phi) is 7.87. The summed E-state index contributed by atoms with van der Waals surface area (Å²) in [7, 11) is 3.67. The molecule has 1 aliphatic rings. The number of hydrogen-bond acceptors (Lipinski definition) is 7. The van der Waals surface area contributed by atoms with Crippen molar-refractivity contribution in [1.82, 2.24) is 9.80 Å². The zero-order valence-electron chi connectivity index (χ0n) is 21.5. The van der Waals surface area contributed by atoms with E-state index in [1.54, 1.807) is 24.3 Å². The standard InChI is InChI=1S/C29H29N3O6/c1-19-16-22(12-13-24(19)38-18-20-8-5-4-6-9-20)27(33)25-26(21-10-7-11-23(17-21)32(36)37)31(15-14-30(2)3)29(35)28(25)34/h4-13,16-17,26,33H,14-15,18H2,1-3H3/t26-/m0/s1. The Morgan fingerprint density at radius 1 is 1.05 bits per heavy atom. The number of nitrogens with zero attached hydrogens (tertiary/aromatic N) is 3. The third-order valence-electron chi connectivity index (χ3n) is 6.41. The van der Waals surface area contributed by atoms with Gasteiger partial charge in [0.1, 0.15) is 18.1 Å². The number of aryl methyl sites for hydroxylation is 1. The van der Waals surface area contributed by atoms with Crippen molar-refractivity contribution in [3.63, 3.8) is 0 Å². The number of aliphatic hydroxyl groups excluding tert-OH is 1. The molecule has 3 aromatic carbocycles. The fourth-order valence-corrected chi connectivity index (χ4v) is 4.42. The number of ether oxygens (including phenoxy) is 1. The zero-order chi connectivity index (χ0) is 27.4. The predicted molar refractivity (Wildman–Crippen MR) is 143 cm³/mol. The van der Waals surface area contributed by atoms with Gasteiger partial charge in [-0.05, 0) is 55.9 Å². The van der Waals surface area contributed by atoms with Crippen molar-refractivity contribution < 1.29 is 24.4 Å². The number of rotatable bonds is 9. The molecule has 0 aromatic heterocycles. The van der Waals surface area contributed by atoms with Gasteiger partial charge < -0.3 is 19.6 Å². The van der Waals surface area contributed by atoms with E-state index in [1.165, 1.54) is 23.1 Å². The van der Waals surface area contributed by atoms with E-state index in [0.29, 0.717) is 30.0 Å². The van der Waals surface area contributed by atoms with Crippen molar-refractivity contribution in [1.29, 1.82) is 0 Å². The van der Waals surface area contributed by atoms with E-state index in [2.05, 4.69) is 0 Å². The number of hydrogen-bond donors (Lipinski definition) is 1. The number of benzene rings is 3. The number of non-ortho nitro benzene ring substituents is 1. The number of likely N-dealkylation sites (tertiary alicyclic amines) is 1. The van der Waals surface area contributed by atoms with E-state index in [1.807, 2.05) is 56.3 Å². The van der Waals surface area contributed by atoms with Crippen LogP contribution in [0.3, 0.4) is 0 Å². The number of likely N-dealkylation sites (N-methyl/N-ethyl adjacent to an activating group) is 1. The predicted octanol–water partition coefficient (Wildman–Crippen LogP) is 4.47. The number of nitro benzene ring substituents is 1. The summed E-state index contributed by atoms with van der Waals surface area (Å²) in [5.74, 6) is -1.32. The van der Waals surface area contributed by atoms with Crippen LogP contribution >= 0.6 is 0 Å². The first-order valence-corrected chi connectivity index (χ1v) is 12.1. The van der Waals surface area contributed by atoms with Crippen LogP contribution < -0.4 is 4.74 Å². The molecule has 0 spiro atoms. The molecule has 3 aromatic rings. The summed E-state index contributed by atoms with van der Waals surface area (Å²) in [6.07, 6.45) is 0. The molecule has 1 aliphatic heterocycles. The molecule has 4 rings (SSSR count). The van der Waals surface area contributed by atoms with Gasteiger partial charge in [0.05, 0.1) is 16.5 Å². The molecule has 9 heteroatoms. The van der Waals surface area contributed by atoms with E-state index in [-0.39, 0.29) is 23.6 Å². The van der Waals surface area contributed by atoms with Crippen molar-refractivity contribution in [2.75, 3.05) is 27.2 Å². The van der Waals surface area contributed by atoms with Gasteiger partial charge in [-0.2, -0.15) is 0 Å². The second-order valence-electron chi connectivity index (χ2n) is 9.40. The highest BCUT2D eigenvalue weighted by Crippen LogP contribution is 2.40. The highest BCUT2D eigenvalue weighted by atomic mass is 16.6. The quantitative estimate of drug-likeness (QED) is 0.147. The Balaban J connectivity index is 1.73. The molecular weight excluding hydrogens is 486 g/mol. The number of aliphatic hydroxyl groups is 1. The van der Waals surface area contributed by atoms with Crippen LogP contribution in [-0.4, -0.2) is 58.7 Å². The molecule has 0 radical (unpaired) electrons. The molecule has 38 heavy (non-hydrogen) atoms. The number of carbonyl (C=O) groups excluding carboxylic acids is 2. The van der Waals surface area contributed by atoms with Gasteiger partial charge in [0.15, 0.2) is 0 Å². The van der Waals surface area contributed by atoms with Crippen LogP contribution in [0.15, 0.2) is 78.4 Å². The maximum Gasteiger partial charge on any atom is 0.295 e. The molecule has 1 fully saturated rings. The lowest BCUT2D eigenvalue weighted by atomic mass is 9.94. The zero-order valence-corrected chi connectivity index (χ0v) is 21.5. The second-order valence-corrected chi connectivity index (χ2v) is 9.40. The topological polar surface area (TPSA) is 113 Å². The molecule has 1 heterocycles. The summed E-state index contributed by atoms with van der Waals surface area (Å²) in [4.78, 5) is 40.4. The SMILES string of the molecule is Cc1cc(C(O)=C2C(=O)C(=O)N(CCN(C)C)[C@H]2c2cccc([N+](=O)[O-])c2)ccc1OCc1ccccc1. The minimum atomic E-state index is -0.968. The molecule has 0 unspecified atom stereocenters. The maximum absolute atomic E-state index is 13.2. The van der Waals surface area contributed by atoms with Crippen LogP contribution in [0, 0.1) is 17.0 Å². The van der Waals surface area contributed by atoms with Crippen LogP contribution in [0.25, 0.3) is 5.76 Å². The molecule has 9 nitrogen and oxygen atoms in total. The van der Waals surface area contributed by atoms with Gasteiger partial charge in [-0.15, -0.1) is 0 Å².